The number of benzene rings is 1. The highest BCUT2D eigenvalue weighted by molar-refractivity contribution is 6.02. The molecule has 0 unspecified atom stereocenters. The monoisotopic (exact) mass is 329 g/mol. The number of carbonyl (C=O) groups excluding carboxylic acids is 1. The van der Waals surface area contributed by atoms with Gasteiger partial charge in [0.2, 0.25) is 0 Å². The molecule has 0 radical (unpaired) electrons. The minimum atomic E-state index is -0.481. The number of nitro benzene ring substituents is 1. The van der Waals surface area contributed by atoms with Crippen molar-refractivity contribution in [3.8, 4) is 0 Å². The first-order valence-corrected chi connectivity index (χ1v) is 7.99. The van der Waals surface area contributed by atoms with Crippen LogP contribution < -0.4 is 5.32 Å². The molecule has 3 rings (SSSR count). The van der Waals surface area contributed by atoms with Crippen LogP contribution in [0.3, 0.4) is 0 Å². The van der Waals surface area contributed by atoms with Gasteiger partial charge in [-0.15, -0.1) is 0 Å². The summed E-state index contributed by atoms with van der Waals surface area (Å²) < 4.78 is 5.62. The summed E-state index contributed by atoms with van der Waals surface area (Å²) in [5, 5.41) is 13.3. The van der Waals surface area contributed by atoms with Crippen LogP contribution in [-0.2, 0) is 6.54 Å². The van der Waals surface area contributed by atoms with Crippen molar-refractivity contribution in [1.29, 1.82) is 0 Å². The lowest BCUT2D eigenvalue weighted by Gasteiger charge is -2.25. The van der Waals surface area contributed by atoms with Crippen LogP contribution in [0.1, 0.15) is 35.6 Å². The molecule has 1 saturated heterocycles. The van der Waals surface area contributed by atoms with Crippen molar-refractivity contribution in [2.24, 2.45) is 0 Å². The molecular formula is C17H19N3O4. The Hall–Kier alpha value is -2.67. The summed E-state index contributed by atoms with van der Waals surface area (Å²) in [6.07, 6.45) is 3.68. The Morgan fingerprint density at radius 3 is 2.50 bits per heavy atom. The number of carbonyl (C=O) groups is 1. The van der Waals surface area contributed by atoms with Crippen LogP contribution in [-0.4, -0.2) is 28.8 Å². The van der Waals surface area contributed by atoms with E-state index in [1.54, 1.807) is 6.07 Å². The molecule has 0 aliphatic carbocycles. The fourth-order valence-corrected chi connectivity index (χ4v) is 2.78. The summed E-state index contributed by atoms with van der Waals surface area (Å²) in [5.74, 6) is 0.639. The molecule has 1 N–H and O–H groups in total. The second kappa shape index (κ2) is 7.27. The van der Waals surface area contributed by atoms with E-state index in [2.05, 4.69) is 10.2 Å². The number of amides is 1. The van der Waals surface area contributed by atoms with E-state index < -0.39 is 4.92 Å². The Balaban J connectivity index is 1.59. The number of furan rings is 1. The van der Waals surface area contributed by atoms with Gasteiger partial charge in [0, 0.05) is 17.8 Å². The first-order chi connectivity index (χ1) is 11.6. The van der Waals surface area contributed by atoms with Crippen LogP contribution in [0.25, 0.3) is 0 Å². The number of likely N-dealkylation sites (tertiary alicyclic amines) is 1. The third kappa shape index (κ3) is 3.99. The molecule has 0 bridgehead atoms. The third-order valence-corrected chi connectivity index (χ3v) is 4.05. The number of piperidine rings is 1. The van der Waals surface area contributed by atoms with Gasteiger partial charge in [0.05, 0.1) is 11.5 Å². The number of rotatable bonds is 5. The number of hydrogen-bond donors (Lipinski definition) is 1. The Kier molecular flexibility index (Phi) is 4.90. The molecule has 2 heterocycles. The molecular weight excluding hydrogens is 310 g/mol. The molecule has 1 fully saturated rings. The Morgan fingerprint density at radius 2 is 1.83 bits per heavy atom. The van der Waals surface area contributed by atoms with E-state index in [1.807, 2.05) is 6.07 Å². The van der Waals surface area contributed by atoms with E-state index in [9.17, 15) is 14.9 Å². The first-order valence-electron chi connectivity index (χ1n) is 7.99. The predicted molar refractivity (Wildman–Crippen MR) is 88.9 cm³/mol. The molecule has 2 aromatic rings. The van der Waals surface area contributed by atoms with Crippen molar-refractivity contribution in [2.45, 2.75) is 25.8 Å². The molecule has 0 saturated carbocycles. The van der Waals surface area contributed by atoms with Crippen LogP contribution in [0.2, 0.25) is 0 Å². The number of hydrogen-bond acceptors (Lipinski definition) is 5. The van der Waals surface area contributed by atoms with Crippen molar-refractivity contribution in [3.63, 3.8) is 0 Å². The lowest BCUT2D eigenvalue weighted by Crippen LogP contribution is -2.28. The zero-order chi connectivity index (χ0) is 16.9. The van der Waals surface area contributed by atoms with E-state index in [4.69, 9.17) is 4.42 Å². The summed E-state index contributed by atoms with van der Waals surface area (Å²) >= 11 is 0. The van der Waals surface area contributed by atoms with E-state index >= 15 is 0 Å². The first kappa shape index (κ1) is 16.2. The second-order valence-corrected chi connectivity index (χ2v) is 5.86. The second-order valence-electron chi connectivity index (χ2n) is 5.86. The molecule has 0 spiro atoms. The van der Waals surface area contributed by atoms with Crippen molar-refractivity contribution < 1.29 is 14.1 Å². The number of nitrogens with one attached hydrogen (secondary N) is 1. The zero-order valence-corrected chi connectivity index (χ0v) is 13.2. The number of non-ortho nitro benzene ring substituents is 1. The minimum absolute atomic E-state index is 0.0187. The average molecular weight is 329 g/mol. The third-order valence-electron chi connectivity index (χ3n) is 4.05. The molecule has 7 nitrogen and oxygen atoms in total. The van der Waals surface area contributed by atoms with Gasteiger partial charge in [0.1, 0.15) is 5.76 Å². The quantitative estimate of drug-likeness (QED) is 0.670. The standard InChI is InChI=1S/C17H19N3O4/c21-17(18-13-4-6-14(7-5-13)20(22)23)16-9-8-15(24-16)12-19-10-2-1-3-11-19/h4-9H,1-3,10-12H2,(H,18,21). The molecule has 1 aliphatic heterocycles. The highest BCUT2D eigenvalue weighted by Gasteiger charge is 2.16. The van der Waals surface area contributed by atoms with Crippen molar-refractivity contribution >= 4 is 17.3 Å². The average Bonchev–Trinajstić information content (AvgIpc) is 3.05. The van der Waals surface area contributed by atoms with Crippen LogP contribution in [0.4, 0.5) is 11.4 Å². The Labute approximate surface area is 139 Å². The van der Waals surface area contributed by atoms with Crippen LogP contribution in [0.15, 0.2) is 40.8 Å². The maximum Gasteiger partial charge on any atom is 0.291 e. The Morgan fingerprint density at radius 1 is 1.12 bits per heavy atom. The topological polar surface area (TPSA) is 88.6 Å². The normalized spacial score (nSPS) is 15.2. The maximum atomic E-state index is 12.2. The number of anilines is 1. The largest absolute Gasteiger partial charge is 0.455 e. The number of nitrogens with zero attached hydrogens (tertiary/aromatic N) is 2. The summed E-state index contributed by atoms with van der Waals surface area (Å²) in [6.45, 7) is 2.83. The molecule has 0 atom stereocenters. The van der Waals surface area contributed by atoms with E-state index in [0.29, 0.717) is 12.2 Å². The van der Waals surface area contributed by atoms with Gasteiger partial charge in [-0.3, -0.25) is 19.8 Å². The lowest BCUT2D eigenvalue weighted by atomic mass is 10.1. The van der Waals surface area contributed by atoms with Gasteiger partial charge in [0.25, 0.3) is 11.6 Å². The highest BCUT2D eigenvalue weighted by Crippen LogP contribution is 2.18. The van der Waals surface area contributed by atoms with Crippen molar-refractivity contribution in [2.75, 3.05) is 18.4 Å². The van der Waals surface area contributed by atoms with Crippen LogP contribution >= 0.6 is 0 Å². The smallest absolute Gasteiger partial charge is 0.291 e. The highest BCUT2D eigenvalue weighted by atomic mass is 16.6. The fraction of sp³-hybridized carbons (Fsp3) is 0.353. The number of nitro groups is 1. The van der Waals surface area contributed by atoms with Crippen molar-refractivity contribution in [1.82, 2.24) is 4.90 Å². The van der Waals surface area contributed by atoms with Gasteiger partial charge in [-0.05, 0) is 50.2 Å². The minimum Gasteiger partial charge on any atom is -0.455 e. The van der Waals surface area contributed by atoms with Gasteiger partial charge in [-0.1, -0.05) is 6.42 Å². The fourth-order valence-electron chi connectivity index (χ4n) is 2.78. The van der Waals surface area contributed by atoms with Gasteiger partial charge in [0.15, 0.2) is 5.76 Å². The lowest BCUT2D eigenvalue weighted by molar-refractivity contribution is -0.384. The van der Waals surface area contributed by atoms with E-state index in [1.165, 1.54) is 43.5 Å². The van der Waals surface area contributed by atoms with Crippen molar-refractivity contribution in [3.05, 3.63) is 58.0 Å². The zero-order valence-electron chi connectivity index (χ0n) is 13.2. The summed E-state index contributed by atoms with van der Waals surface area (Å²) in [5.41, 5.74) is 0.467. The van der Waals surface area contributed by atoms with Gasteiger partial charge < -0.3 is 9.73 Å². The molecule has 7 heteroatoms. The summed E-state index contributed by atoms with van der Waals surface area (Å²) in [6, 6.07) is 9.15. The van der Waals surface area contributed by atoms with Gasteiger partial charge >= 0.3 is 0 Å². The molecule has 1 amide bonds. The molecule has 1 aliphatic rings. The predicted octanol–water partition coefficient (Wildman–Crippen LogP) is 3.43. The van der Waals surface area contributed by atoms with Crippen LogP contribution in [0.5, 0.6) is 0 Å². The van der Waals surface area contributed by atoms with Crippen LogP contribution in [0, 0.1) is 10.1 Å². The molecule has 1 aromatic heterocycles. The molecule has 1 aromatic carbocycles. The SMILES string of the molecule is O=C(Nc1ccc([N+](=O)[O-])cc1)c1ccc(CN2CCCCC2)o1. The van der Waals surface area contributed by atoms with E-state index in [0.717, 1.165) is 18.8 Å². The summed E-state index contributed by atoms with van der Waals surface area (Å²) in [7, 11) is 0. The molecule has 24 heavy (non-hydrogen) atoms. The van der Waals surface area contributed by atoms with E-state index in [-0.39, 0.29) is 17.4 Å². The van der Waals surface area contributed by atoms with Gasteiger partial charge in [-0.2, -0.15) is 0 Å². The summed E-state index contributed by atoms with van der Waals surface area (Å²) in [4.78, 5) is 24.6. The van der Waals surface area contributed by atoms with Gasteiger partial charge in [-0.25, -0.2) is 0 Å². The maximum absolute atomic E-state index is 12.2. The molecule has 126 valence electrons. The Bertz CT molecular complexity index is 718.